The number of furan rings is 1. The number of anilines is 1. The molecule has 16 heavy (non-hydrogen) atoms. The van der Waals surface area contributed by atoms with Gasteiger partial charge in [-0.15, -0.1) is 0 Å². The van der Waals surface area contributed by atoms with E-state index in [9.17, 15) is 4.79 Å². The quantitative estimate of drug-likeness (QED) is 0.828. The lowest BCUT2D eigenvalue weighted by Gasteiger charge is -2.05. The maximum absolute atomic E-state index is 11.4. The molecule has 0 atom stereocenters. The number of carbonyl (C=O) groups excluding carboxylic acids is 1. The zero-order valence-corrected chi connectivity index (χ0v) is 8.64. The number of nitrogens with one attached hydrogen (secondary N) is 2. The maximum atomic E-state index is 11.4. The Balaban J connectivity index is 1.80. The lowest BCUT2D eigenvalue weighted by atomic mass is 10.2. The molecule has 2 amide bonds. The van der Waals surface area contributed by atoms with E-state index in [4.69, 9.17) is 4.42 Å². The number of urea groups is 1. The van der Waals surface area contributed by atoms with Crippen molar-refractivity contribution in [1.29, 1.82) is 0 Å². The van der Waals surface area contributed by atoms with Crippen LogP contribution >= 0.6 is 0 Å². The summed E-state index contributed by atoms with van der Waals surface area (Å²) in [5.41, 5.74) is 1.05. The molecule has 0 aliphatic rings. The molecule has 0 spiro atoms. The minimum Gasteiger partial charge on any atom is -0.449 e. The zero-order chi connectivity index (χ0) is 11.2. The molecule has 82 valence electrons. The first-order valence-electron chi connectivity index (χ1n) is 4.97. The zero-order valence-electron chi connectivity index (χ0n) is 8.64. The van der Waals surface area contributed by atoms with Gasteiger partial charge >= 0.3 is 6.03 Å². The predicted molar refractivity (Wildman–Crippen MR) is 61.0 cm³/mol. The molecule has 0 bridgehead atoms. The third kappa shape index (κ3) is 2.88. The average molecular weight is 216 g/mol. The first kappa shape index (κ1) is 10.3. The molecule has 0 unspecified atom stereocenters. The Labute approximate surface area is 93.3 Å². The van der Waals surface area contributed by atoms with E-state index >= 15 is 0 Å². The van der Waals surface area contributed by atoms with E-state index in [0.717, 1.165) is 5.56 Å². The molecule has 1 aromatic carbocycles. The number of hydrogen-bond acceptors (Lipinski definition) is 2. The van der Waals surface area contributed by atoms with Gasteiger partial charge in [-0.1, -0.05) is 30.3 Å². The van der Waals surface area contributed by atoms with Gasteiger partial charge in [-0.05, 0) is 11.6 Å². The van der Waals surface area contributed by atoms with E-state index in [2.05, 4.69) is 10.6 Å². The SMILES string of the molecule is O=C(NCc1ccccc1)Nc1ccco1. The van der Waals surface area contributed by atoms with Gasteiger partial charge in [0.05, 0.1) is 6.26 Å². The summed E-state index contributed by atoms with van der Waals surface area (Å²) < 4.78 is 4.98. The lowest BCUT2D eigenvalue weighted by molar-refractivity contribution is 0.251. The Kier molecular flexibility index (Phi) is 3.23. The Morgan fingerprint density at radius 1 is 1.12 bits per heavy atom. The highest BCUT2D eigenvalue weighted by molar-refractivity contribution is 5.87. The molecule has 2 rings (SSSR count). The highest BCUT2D eigenvalue weighted by Crippen LogP contribution is 2.06. The molecule has 0 saturated heterocycles. The Morgan fingerprint density at radius 2 is 1.94 bits per heavy atom. The summed E-state index contributed by atoms with van der Waals surface area (Å²) in [6.07, 6.45) is 1.51. The van der Waals surface area contributed by atoms with Crippen molar-refractivity contribution >= 4 is 11.9 Å². The van der Waals surface area contributed by atoms with Gasteiger partial charge in [0, 0.05) is 12.6 Å². The Morgan fingerprint density at radius 3 is 2.62 bits per heavy atom. The number of amides is 2. The molecule has 4 heteroatoms. The molecular formula is C12H12N2O2. The fraction of sp³-hybridized carbons (Fsp3) is 0.0833. The molecule has 0 saturated carbocycles. The maximum Gasteiger partial charge on any atom is 0.321 e. The normalized spacial score (nSPS) is 9.75. The lowest BCUT2D eigenvalue weighted by Crippen LogP contribution is -2.27. The van der Waals surface area contributed by atoms with Crippen molar-refractivity contribution in [1.82, 2.24) is 5.32 Å². The van der Waals surface area contributed by atoms with Gasteiger partial charge in [-0.2, -0.15) is 0 Å². The number of carbonyl (C=O) groups is 1. The second-order valence-corrected chi connectivity index (χ2v) is 3.27. The van der Waals surface area contributed by atoms with Gasteiger partial charge < -0.3 is 9.73 Å². The van der Waals surface area contributed by atoms with Crippen LogP contribution in [0.25, 0.3) is 0 Å². The molecule has 1 aromatic heterocycles. The summed E-state index contributed by atoms with van der Waals surface area (Å²) in [5, 5.41) is 5.30. The van der Waals surface area contributed by atoms with Gasteiger partial charge in [-0.25, -0.2) is 4.79 Å². The van der Waals surface area contributed by atoms with Crippen LogP contribution in [0.1, 0.15) is 5.56 Å². The molecule has 2 aromatic rings. The first-order chi connectivity index (χ1) is 7.84. The largest absolute Gasteiger partial charge is 0.449 e. The molecule has 0 aliphatic heterocycles. The van der Waals surface area contributed by atoms with Crippen LogP contribution in [-0.2, 0) is 6.54 Å². The molecule has 2 N–H and O–H groups in total. The fourth-order valence-corrected chi connectivity index (χ4v) is 1.28. The third-order valence-corrected chi connectivity index (χ3v) is 2.05. The predicted octanol–water partition coefficient (Wildman–Crippen LogP) is 2.60. The van der Waals surface area contributed by atoms with Gasteiger partial charge in [0.15, 0.2) is 0 Å². The van der Waals surface area contributed by atoms with E-state index in [1.54, 1.807) is 12.1 Å². The van der Waals surface area contributed by atoms with Crippen molar-refractivity contribution < 1.29 is 9.21 Å². The molecule has 1 heterocycles. The minimum atomic E-state index is -0.279. The van der Waals surface area contributed by atoms with Crippen LogP contribution in [0.2, 0.25) is 0 Å². The van der Waals surface area contributed by atoms with Crippen LogP contribution in [0.3, 0.4) is 0 Å². The van der Waals surface area contributed by atoms with Crippen molar-refractivity contribution in [2.24, 2.45) is 0 Å². The van der Waals surface area contributed by atoms with E-state index in [0.29, 0.717) is 12.4 Å². The monoisotopic (exact) mass is 216 g/mol. The van der Waals surface area contributed by atoms with Crippen LogP contribution in [0.5, 0.6) is 0 Å². The smallest absolute Gasteiger partial charge is 0.321 e. The molecule has 0 aliphatic carbocycles. The fourth-order valence-electron chi connectivity index (χ4n) is 1.28. The third-order valence-electron chi connectivity index (χ3n) is 2.05. The number of benzene rings is 1. The van der Waals surface area contributed by atoms with E-state index < -0.39 is 0 Å². The van der Waals surface area contributed by atoms with Gasteiger partial charge in [-0.3, -0.25) is 5.32 Å². The van der Waals surface area contributed by atoms with E-state index in [1.165, 1.54) is 6.26 Å². The van der Waals surface area contributed by atoms with E-state index in [-0.39, 0.29) is 6.03 Å². The summed E-state index contributed by atoms with van der Waals surface area (Å²) >= 11 is 0. The number of hydrogen-bond donors (Lipinski definition) is 2. The average Bonchev–Trinajstić information content (AvgIpc) is 2.81. The van der Waals surface area contributed by atoms with Gasteiger partial charge in [0.1, 0.15) is 0 Å². The van der Waals surface area contributed by atoms with Crippen molar-refractivity contribution in [2.45, 2.75) is 6.54 Å². The van der Waals surface area contributed by atoms with Crippen molar-refractivity contribution in [3.63, 3.8) is 0 Å². The van der Waals surface area contributed by atoms with Crippen LogP contribution in [-0.4, -0.2) is 6.03 Å². The van der Waals surface area contributed by atoms with Crippen LogP contribution < -0.4 is 10.6 Å². The highest BCUT2D eigenvalue weighted by Gasteiger charge is 2.02. The van der Waals surface area contributed by atoms with Crippen LogP contribution in [0.4, 0.5) is 10.7 Å². The van der Waals surface area contributed by atoms with Gasteiger partial charge in [0.25, 0.3) is 0 Å². The Hall–Kier alpha value is -2.23. The minimum absolute atomic E-state index is 0.279. The van der Waals surface area contributed by atoms with Crippen molar-refractivity contribution in [2.75, 3.05) is 5.32 Å². The van der Waals surface area contributed by atoms with Crippen LogP contribution in [0, 0.1) is 0 Å². The van der Waals surface area contributed by atoms with Gasteiger partial charge in [0.2, 0.25) is 5.88 Å². The summed E-state index contributed by atoms with van der Waals surface area (Å²) in [4.78, 5) is 11.4. The van der Waals surface area contributed by atoms with E-state index in [1.807, 2.05) is 30.3 Å². The molecular weight excluding hydrogens is 204 g/mol. The second kappa shape index (κ2) is 5.02. The molecule has 0 radical (unpaired) electrons. The van der Waals surface area contributed by atoms with Crippen LogP contribution in [0.15, 0.2) is 53.1 Å². The topological polar surface area (TPSA) is 54.3 Å². The van der Waals surface area contributed by atoms with Crippen molar-refractivity contribution in [3.05, 3.63) is 54.3 Å². The number of rotatable bonds is 3. The second-order valence-electron chi connectivity index (χ2n) is 3.27. The molecule has 0 fully saturated rings. The summed E-state index contributed by atoms with van der Waals surface area (Å²) in [6.45, 7) is 0.493. The summed E-state index contributed by atoms with van der Waals surface area (Å²) in [6, 6.07) is 12.8. The highest BCUT2D eigenvalue weighted by atomic mass is 16.3. The Bertz CT molecular complexity index is 437. The van der Waals surface area contributed by atoms with Crippen molar-refractivity contribution in [3.8, 4) is 0 Å². The standard InChI is InChI=1S/C12H12N2O2/c15-12(14-11-7-4-8-16-11)13-9-10-5-2-1-3-6-10/h1-8H,9H2,(H2,13,14,15). The summed E-state index contributed by atoms with van der Waals surface area (Å²) in [5.74, 6) is 0.436. The molecule has 4 nitrogen and oxygen atoms in total. The summed E-state index contributed by atoms with van der Waals surface area (Å²) in [7, 11) is 0. The first-order valence-corrected chi connectivity index (χ1v) is 4.97.